The summed E-state index contributed by atoms with van der Waals surface area (Å²) < 4.78 is 19.4. The van der Waals surface area contributed by atoms with Gasteiger partial charge >= 0.3 is 6.09 Å². The fourth-order valence-electron chi connectivity index (χ4n) is 2.30. The van der Waals surface area contributed by atoms with E-state index in [-0.39, 0.29) is 5.69 Å². The third-order valence-corrected chi connectivity index (χ3v) is 3.54. The zero-order valence-corrected chi connectivity index (χ0v) is 13.3. The average molecular weight is 317 g/mol. The normalized spacial score (nSPS) is 11.7. The standard InChI is InChI=1S/C17H20FN3O2/c1-21(2)13-10-9-12(15(19)11-7-5-4-6-8-11)16(14(13)18)20-17(22)23-3/h4-10,15H,19H2,1-3H3,(H,20,22). The molecule has 2 rings (SSSR count). The third-order valence-electron chi connectivity index (χ3n) is 3.54. The molecule has 6 heteroatoms. The van der Waals surface area contributed by atoms with E-state index in [0.717, 1.165) is 5.56 Å². The van der Waals surface area contributed by atoms with E-state index in [0.29, 0.717) is 11.3 Å². The predicted molar refractivity (Wildman–Crippen MR) is 89.2 cm³/mol. The lowest BCUT2D eigenvalue weighted by atomic mass is 9.97. The number of amides is 1. The van der Waals surface area contributed by atoms with Crippen LogP contribution in [-0.4, -0.2) is 27.3 Å². The number of hydrogen-bond acceptors (Lipinski definition) is 4. The van der Waals surface area contributed by atoms with Crippen molar-refractivity contribution in [1.29, 1.82) is 0 Å². The first-order valence-electron chi connectivity index (χ1n) is 7.11. The number of carbonyl (C=O) groups excluding carboxylic acids is 1. The van der Waals surface area contributed by atoms with Gasteiger partial charge in [0.25, 0.3) is 0 Å². The van der Waals surface area contributed by atoms with Gasteiger partial charge in [0, 0.05) is 19.7 Å². The van der Waals surface area contributed by atoms with E-state index in [4.69, 9.17) is 5.73 Å². The van der Waals surface area contributed by atoms with Gasteiger partial charge in [-0.2, -0.15) is 0 Å². The monoisotopic (exact) mass is 317 g/mol. The summed E-state index contributed by atoms with van der Waals surface area (Å²) in [6.07, 6.45) is -0.749. The molecular weight excluding hydrogens is 297 g/mol. The minimum atomic E-state index is -0.749. The summed E-state index contributed by atoms with van der Waals surface area (Å²) in [4.78, 5) is 13.2. The van der Waals surface area contributed by atoms with Crippen molar-refractivity contribution in [2.75, 3.05) is 31.4 Å². The van der Waals surface area contributed by atoms with Crippen molar-refractivity contribution < 1.29 is 13.9 Å². The number of nitrogens with one attached hydrogen (secondary N) is 1. The van der Waals surface area contributed by atoms with Crippen LogP contribution in [0.15, 0.2) is 42.5 Å². The summed E-state index contributed by atoms with van der Waals surface area (Å²) >= 11 is 0. The molecule has 1 amide bonds. The number of methoxy groups -OCH3 is 1. The van der Waals surface area contributed by atoms with E-state index in [2.05, 4.69) is 10.1 Å². The van der Waals surface area contributed by atoms with Gasteiger partial charge in [-0.3, -0.25) is 5.32 Å². The fourth-order valence-corrected chi connectivity index (χ4v) is 2.30. The quantitative estimate of drug-likeness (QED) is 0.909. The van der Waals surface area contributed by atoms with Crippen LogP contribution in [0.5, 0.6) is 0 Å². The number of nitrogens with two attached hydrogens (primary N) is 1. The van der Waals surface area contributed by atoms with E-state index in [1.807, 2.05) is 30.3 Å². The van der Waals surface area contributed by atoms with Crippen LogP contribution >= 0.6 is 0 Å². The maximum atomic E-state index is 14.8. The summed E-state index contributed by atoms with van der Waals surface area (Å²) in [6.45, 7) is 0. The maximum Gasteiger partial charge on any atom is 0.411 e. The van der Waals surface area contributed by atoms with Crippen LogP contribution in [0.2, 0.25) is 0 Å². The molecule has 0 fully saturated rings. The van der Waals surface area contributed by atoms with Gasteiger partial charge in [-0.05, 0) is 11.6 Å². The van der Waals surface area contributed by atoms with Gasteiger partial charge in [0.2, 0.25) is 0 Å². The molecule has 2 aromatic carbocycles. The van der Waals surface area contributed by atoms with E-state index < -0.39 is 18.0 Å². The summed E-state index contributed by atoms with van der Waals surface area (Å²) in [5.74, 6) is -0.552. The zero-order chi connectivity index (χ0) is 17.0. The summed E-state index contributed by atoms with van der Waals surface area (Å²) in [6, 6.07) is 12.1. The highest BCUT2D eigenvalue weighted by molar-refractivity contribution is 5.87. The number of carbonyl (C=O) groups is 1. The SMILES string of the molecule is COC(=O)Nc1c(C(N)c2ccccc2)ccc(N(C)C)c1F. The molecular formula is C17H20FN3O2. The Morgan fingerprint density at radius 2 is 1.87 bits per heavy atom. The smallest absolute Gasteiger partial charge is 0.411 e. The third kappa shape index (κ3) is 3.60. The van der Waals surface area contributed by atoms with Gasteiger partial charge in [-0.25, -0.2) is 9.18 Å². The highest BCUT2D eigenvalue weighted by Gasteiger charge is 2.21. The van der Waals surface area contributed by atoms with Crippen LogP contribution in [0.4, 0.5) is 20.6 Å². The molecule has 0 radical (unpaired) electrons. The van der Waals surface area contributed by atoms with Crippen molar-refractivity contribution in [3.05, 3.63) is 59.4 Å². The number of ether oxygens (including phenoxy) is 1. The Labute approximate surface area is 134 Å². The van der Waals surface area contributed by atoms with Crippen molar-refractivity contribution >= 4 is 17.5 Å². The molecule has 1 atom stereocenters. The molecule has 0 bridgehead atoms. The highest BCUT2D eigenvalue weighted by atomic mass is 19.1. The van der Waals surface area contributed by atoms with Crippen molar-refractivity contribution in [2.24, 2.45) is 5.73 Å². The van der Waals surface area contributed by atoms with Crippen LogP contribution in [0, 0.1) is 5.82 Å². The van der Waals surface area contributed by atoms with E-state index >= 15 is 0 Å². The van der Waals surface area contributed by atoms with E-state index in [1.54, 1.807) is 31.1 Å². The van der Waals surface area contributed by atoms with Crippen LogP contribution in [0.1, 0.15) is 17.2 Å². The molecule has 122 valence electrons. The first-order chi connectivity index (χ1) is 11.0. The molecule has 3 N–H and O–H groups in total. The molecule has 0 aliphatic rings. The Morgan fingerprint density at radius 3 is 2.43 bits per heavy atom. The molecule has 0 heterocycles. The van der Waals surface area contributed by atoms with Gasteiger partial charge in [0.1, 0.15) is 0 Å². The largest absolute Gasteiger partial charge is 0.453 e. The summed E-state index contributed by atoms with van der Waals surface area (Å²) in [5.41, 5.74) is 7.93. The molecule has 0 saturated heterocycles. The Hall–Kier alpha value is -2.60. The molecule has 2 aromatic rings. The van der Waals surface area contributed by atoms with Gasteiger partial charge in [0.15, 0.2) is 5.82 Å². The Morgan fingerprint density at radius 1 is 1.22 bits per heavy atom. The molecule has 0 aromatic heterocycles. The summed E-state index contributed by atoms with van der Waals surface area (Å²) in [5, 5.41) is 2.43. The molecule has 23 heavy (non-hydrogen) atoms. The van der Waals surface area contributed by atoms with Crippen molar-refractivity contribution in [1.82, 2.24) is 0 Å². The lowest BCUT2D eigenvalue weighted by molar-refractivity contribution is 0.186. The average Bonchev–Trinajstić information content (AvgIpc) is 2.56. The number of rotatable bonds is 4. The zero-order valence-electron chi connectivity index (χ0n) is 13.3. The van der Waals surface area contributed by atoms with Crippen molar-refractivity contribution in [3.63, 3.8) is 0 Å². The number of benzene rings is 2. The predicted octanol–water partition coefficient (Wildman–Crippen LogP) is 3.12. The number of halogens is 1. The van der Waals surface area contributed by atoms with Gasteiger partial charge in [-0.15, -0.1) is 0 Å². The molecule has 0 aliphatic carbocycles. The first-order valence-corrected chi connectivity index (χ1v) is 7.11. The second-order valence-corrected chi connectivity index (χ2v) is 5.26. The molecule has 0 aliphatic heterocycles. The number of nitrogens with zero attached hydrogens (tertiary/aromatic N) is 1. The summed E-state index contributed by atoms with van der Waals surface area (Å²) in [7, 11) is 4.66. The van der Waals surface area contributed by atoms with Gasteiger partial charge in [0.05, 0.1) is 24.5 Å². The lowest BCUT2D eigenvalue weighted by Crippen LogP contribution is -2.21. The topological polar surface area (TPSA) is 67.6 Å². The fraction of sp³-hybridized carbons (Fsp3) is 0.235. The minimum Gasteiger partial charge on any atom is -0.453 e. The molecule has 1 unspecified atom stereocenters. The van der Waals surface area contributed by atoms with E-state index in [9.17, 15) is 9.18 Å². The van der Waals surface area contributed by atoms with Crippen LogP contribution < -0.4 is 16.0 Å². The Kier molecular flexibility index (Phi) is 5.18. The minimum absolute atomic E-state index is 0.0272. The maximum absolute atomic E-state index is 14.8. The second-order valence-electron chi connectivity index (χ2n) is 5.26. The first kappa shape index (κ1) is 16.8. The van der Waals surface area contributed by atoms with Gasteiger partial charge in [-0.1, -0.05) is 36.4 Å². The molecule has 5 nitrogen and oxygen atoms in total. The van der Waals surface area contributed by atoms with Crippen molar-refractivity contribution in [2.45, 2.75) is 6.04 Å². The lowest BCUT2D eigenvalue weighted by Gasteiger charge is -2.22. The number of hydrogen-bond donors (Lipinski definition) is 2. The van der Waals surface area contributed by atoms with Crippen LogP contribution in [0.25, 0.3) is 0 Å². The Balaban J connectivity index is 2.53. The second kappa shape index (κ2) is 7.11. The molecule has 0 saturated carbocycles. The number of anilines is 2. The highest BCUT2D eigenvalue weighted by Crippen LogP contribution is 2.33. The van der Waals surface area contributed by atoms with E-state index in [1.165, 1.54) is 7.11 Å². The van der Waals surface area contributed by atoms with Crippen molar-refractivity contribution in [3.8, 4) is 0 Å². The van der Waals surface area contributed by atoms with Crippen LogP contribution in [0.3, 0.4) is 0 Å². The Bertz CT molecular complexity index is 690. The molecule has 0 spiro atoms. The van der Waals surface area contributed by atoms with Crippen LogP contribution in [-0.2, 0) is 4.74 Å². The van der Waals surface area contributed by atoms with Gasteiger partial charge < -0.3 is 15.4 Å².